The number of methoxy groups -OCH3 is 1. The SMILES string of the molecule is COc1ccccc1C1CNCCN1C(=O)c1csc(C2CC2)n1.Cl.Cl. The molecule has 2 aliphatic rings. The molecule has 2 heterocycles. The molecule has 1 amide bonds. The molecule has 4 rings (SSSR count). The highest BCUT2D eigenvalue weighted by atomic mass is 35.5. The van der Waals surface area contributed by atoms with Crippen LogP contribution < -0.4 is 10.1 Å². The van der Waals surface area contributed by atoms with Gasteiger partial charge in [0.1, 0.15) is 11.4 Å². The number of hydrogen-bond acceptors (Lipinski definition) is 5. The van der Waals surface area contributed by atoms with Crippen LogP contribution >= 0.6 is 36.2 Å². The van der Waals surface area contributed by atoms with Gasteiger partial charge < -0.3 is 15.0 Å². The summed E-state index contributed by atoms with van der Waals surface area (Å²) in [5, 5.41) is 6.41. The van der Waals surface area contributed by atoms with Crippen molar-refractivity contribution >= 4 is 42.1 Å². The largest absolute Gasteiger partial charge is 0.496 e. The lowest BCUT2D eigenvalue weighted by Crippen LogP contribution is -2.48. The zero-order chi connectivity index (χ0) is 16.5. The summed E-state index contributed by atoms with van der Waals surface area (Å²) in [7, 11) is 1.67. The fourth-order valence-electron chi connectivity index (χ4n) is 3.22. The third-order valence-corrected chi connectivity index (χ3v) is 5.68. The Morgan fingerprint density at radius 2 is 2.08 bits per heavy atom. The van der Waals surface area contributed by atoms with Gasteiger partial charge in [0.05, 0.1) is 18.2 Å². The average Bonchev–Trinajstić information content (AvgIpc) is 3.38. The first kappa shape index (κ1) is 21.0. The highest BCUT2D eigenvalue weighted by molar-refractivity contribution is 7.10. The van der Waals surface area contributed by atoms with Gasteiger partial charge in [0.2, 0.25) is 0 Å². The van der Waals surface area contributed by atoms with Gasteiger partial charge in [-0.2, -0.15) is 0 Å². The van der Waals surface area contributed by atoms with Gasteiger partial charge in [0.25, 0.3) is 5.91 Å². The van der Waals surface area contributed by atoms with Crippen LogP contribution in [0.3, 0.4) is 0 Å². The first-order chi connectivity index (χ1) is 11.8. The average molecular weight is 416 g/mol. The van der Waals surface area contributed by atoms with Crippen LogP contribution in [-0.2, 0) is 0 Å². The van der Waals surface area contributed by atoms with Crippen LogP contribution in [0.1, 0.15) is 45.9 Å². The predicted molar refractivity (Wildman–Crippen MR) is 108 cm³/mol. The maximum absolute atomic E-state index is 13.0. The number of hydrogen-bond donors (Lipinski definition) is 1. The number of carbonyl (C=O) groups is 1. The summed E-state index contributed by atoms with van der Waals surface area (Å²) in [5.74, 6) is 1.43. The maximum atomic E-state index is 13.0. The minimum absolute atomic E-state index is 0. The van der Waals surface area contributed by atoms with Crippen molar-refractivity contribution in [1.82, 2.24) is 15.2 Å². The normalized spacial score (nSPS) is 19.3. The number of piperazine rings is 1. The Hall–Kier alpha value is -1.34. The third-order valence-electron chi connectivity index (χ3n) is 4.67. The summed E-state index contributed by atoms with van der Waals surface area (Å²) in [6, 6.07) is 7.89. The standard InChI is InChI=1S/C18H21N3O2S.2ClH/c1-23-16-5-3-2-4-13(16)15-10-19-8-9-21(15)18(22)14-11-24-17(20-14)12-6-7-12;;/h2-5,11-12,15,19H,6-10H2,1H3;2*1H. The van der Waals surface area contributed by atoms with Crippen molar-refractivity contribution in [2.24, 2.45) is 0 Å². The summed E-state index contributed by atoms with van der Waals surface area (Å²) < 4.78 is 5.50. The second-order valence-electron chi connectivity index (χ2n) is 6.31. The molecule has 1 N–H and O–H groups in total. The minimum atomic E-state index is -0.0338. The summed E-state index contributed by atoms with van der Waals surface area (Å²) in [5.41, 5.74) is 1.63. The van der Waals surface area contributed by atoms with E-state index in [0.717, 1.165) is 29.4 Å². The number of para-hydroxylation sites is 1. The van der Waals surface area contributed by atoms with Crippen LogP contribution in [-0.4, -0.2) is 42.5 Å². The highest BCUT2D eigenvalue weighted by Crippen LogP contribution is 2.41. The van der Waals surface area contributed by atoms with E-state index >= 15 is 0 Å². The van der Waals surface area contributed by atoms with E-state index in [1.807, 2.05) is 34.5 Å². The molecule has 1 aliphatic heterocycles. The Kier molecular flexibility index (Phi) is 7.29. The van der Waals surface area contributed by atoms with Crippen LogP contribution in [0.2, 0.25) is 0 Å². The van der Waals surface area contributed by atoms with Crippen molar-refractivity contribution in [1.29, 1.82) is 0 Å². The number of aromatic nitrogens is 1. The van der Waals surface area contributed by atoms with Gasteiger partial charge in [0, 0.05) is 36.5 Å². The molecule has 0 radical (unpaired) electrons. The van der Waals surface area contributed by atoms with Gasteiger partial charge in [-0.05, 0) is 18.9 Å². The molecular formula is C18H23Cl2N3O2S. The first-order valence-electron chi connectivity index (χ1n) is 8.38. The number of nitrogens with zero attached hydrogens (tertiary/aromatic N) is 2. The Morgan fingerprint density at radius 1 is 1.31 bits per heavy atom. The maximum Gasteiger partial charge on any atom is 0.273 e. The predicted octanol–water partition coefficient (Wildman–Crippen LogP) is 3.66. The molecule has 1 aromatic heterocycles. The second-order valence-corrected chi connectivity index (χ2v) is 7.20. The number of carbonyl (C=O) groups excluding carboxylic acids is 1. The smallest absolute Gasteiger partial charge is 0.273 e. The summed E-state index contributed by atoms with van der Waals surface area (Å²) in [6.45, 7) is 2.21. The fraction of sp³-hybridized carbons (Fsp3) is 0.444. The van der Waals surface area contributed by atoms with E-state index in [9.17, 15) is 4.79 Å². The van der Waals surface area contributed by atoms with Crippen LogP contribution in [0.5, 0.6) is 5.75 Å². The molecule has 26 heavy (non-hydrogen) atoms. The van der Waals surface area contributed by atoms with Crippen molar-refractivity contribution in [2.75, 3.05) is 26.7 Å². The molecule has 1 atom stereocenters. The Labute approximate surface area is 170 Å². The number of halogens is 2. The number of thiazole rings is 1. The van der Waals surface area contributed by atoms with E-state index in [4.69, 9.17) is 4.74 Å². The summed E-state index contributed by atoms with van der Waals surface area (Å²) in [4.78, 5) is 19.6. The number of nitrogens with one attached hydrogen (secondary N) is 1. The number of amides is 1. The van der Waals surface area contributed by atoms with Gasteiger partial charge in [0.15, 0.2) is 0 Å². The quantitative estimate of drug-likeness (QED) is 0.827. The van der Waals surface area contributed by atoms with Crippen molar-refractivity contribution in [3.63, 3.8) is 0 Å². The van der Waals surface area contributed by atoms with E-state index in [0.29, 0.717) is 18.2 Å². The fourth-order valence-corrected chi connectivity index (χ4v) is 4.18. The first-order valence-corrected chi connectivity index (χ1v) is 9.26. The minimum Gasteiger partial charge on any atom is -0.496 e. The molecule has 0 spiro atoms. The van der Waals surface area contributed by atoms with E-state index in [-0.39, 0.29) is 36.8 Å². The lowest BCUT2D eigenvalue weighted by molar-refractivity contribution is 0.0626. The molecule has 5 nitrogen and oxygen atoms in total. The van der Waals surface area contributed by atoms with Crippen molar-refractivity contribution in [2.45, 2.75) is 24.8 Å². The molecule has 8 heteroatoms. The van der Waals surface area contributed by atoms with Crippen LogP contribution in [0, 0.1) is 0 Å². The number of benzene rings is 1. The van der Waals surface area contributed by atoms with Crippen molar-refractivity contribution in [3.8, 4) is 5.75 Å². The van der Waals surface area contributed by atoms with Crippen LogP contribution in [0.4, 0.5) is 0 Å². The topological polar surface area (TPSA) is 54.5 Å². The summed E-state index contributed by atoms with van der Waals surface area (Å²) >= 11 is 1.62. The second kappa shape index (κ2) is 9.04. The zero-order valence-electron chi connectivity index (χ0n) is 14.5. The molecular weight excluding hydrogens is 393 g/mol. The van der Waals surface area contributed by atoms with Crippen molar-refractivity contribution < 1.29 is 9.53 Å². The molecule has 0 bridgehead atoms. The monoisotopic (exact) mass is 415 g/mol. The van der Waals surface area contributed by atoms with Crippen molar-refractivity contribution in [3.05, 3.63) is 45.9 Å². The summed E-state index contributed by atoms with van der Waals surface area (Å²) in [6.07, 6.45) is 2.41. The van der Waals surface area contributed by atoms with E-state index in [1.54, 1.807) is 18.4 Å². The number of ether oxygens (including phenoxy) is 1. The van der Waals surface area contributed by atoms with E-state index in [2.05, 4.69) is 10.3 Å². The molecule has 1 unspecified atom stereocenters. The molecule has 2 aromatic rings. The van der Waals surface area contributed by atoms with E-state index < -0.39 is 0 Å². The van der Waals surface area contributed by atoms with Gasteiger partial charge in [-0.15, -0.1) is 36.2 Å². The lowest BCUT2D eigenvalue weighted by Gasteiger charge is -2.36. The van der Waals surface area contributed by atoms with Crippen LogP contribution in [0.25, 0.3) is 0 Å². The third kappa shape index (κ3) is 4.14. The Morgan fingerprint density at radius 3 is 2.81 bits per heavy atom. The van der Waals surface area contributed by atoms with Gasteiger partial charge in [-0.3, -0.25) is 4.79 Å². The zero-order valence-corrected chi connectivity index (χ0v) is 17.0. The molecule has 1 saturated carbocycles. The van der Waals surface area contributed by atoms with Gasteiger partial charge in [-0.1, -0.05) is 18.2 Å². The van der Waals surface area contributed by atoms with Gasteiger partial charge >= 0.3 is 0 Å². The Balaban J connectivity index is 0.00000121. The Bertz CT molecular complexity index is 752. The molecule has 1 saturated heterocycles. The molecule has 142 valence electrons. The number of rotatable bonds is 4. The molecule has 2 fully saturated rings. The highest BCUT2D eigenvalue weighted by Gasteiger charge is 2.33. The van der Waals surface area contributed by atoms with Crippen LogP contribution in [0.15, 0.2) is 29.6 Å². The van der Waals surface area contributed by atoms with E-state index in [1.165, 1.54) is 12.8 Å². The molecule has 1 aromatic carbocycles. The molecule has 1 aliphatic carbocycles. The lowest BCUT2D eigenvalue weighted by atomic mass is 10.0. The van der Waals surface area contributed by atoms with Gasteiger partial charge in [-0.25, -0.2) is 4.98 Å².